The van der Waals surface area contributed by atoms with Crippen molar-refractivity contribution in [3.05, 3.63) is 11.1 Å². The van der Waals surface area contributed by atoms with E-state index in [0.29, 0.717) is 25.0 Å². The first-order chi connectivity index (χ1) is 6.02. The van der Waals surface area contributed by atoms with E-state index in [0.717, 1.165) is 5.57 Å². The number of hydrogen-bond donors (Lipinski definition) is 1. The van der Waals surface area contributed by atoms with Crippen LogP contribution in [0.2, 0.25) is 0 Å². The van der Waals surface area contributed by atoms with Gasteiger partial charge in [0.05, 0.1) is 12.7 Å². The first-order valence-corrected chi connectivity index (χ1v) is 4.59. The van der Waals surface area contributed by atoms with E-state index in [9.17, 15) is 9.90 Å². The number of carbonyl (C=O) groups is 1. The minimum absolute atomic E-state index is 0.200. The Labute approximate surface area is 77.4 Å². The number of aliphatic hydroxyl groups excluding tert-OH is 1. The Kier molecular flexibility index (Phi) is 1.74. The Morgan fingerprint density at radius 1 is 1.54 bits per heavy atom. The summed E-state index contributed by atoms with van der Waals surface area (Å²) in [5.41, 5.74) is 1.42. The summed E-state index contributed by atoms with van der Waals surface area (Å²) in [7, 11) is 0. The summed E-state index contributed by atoms with van der Waals surface area (Å²) >= 11 is 0. The number of hydrogen-bond acceptors (Lipinski definition) is 3. The summed E-state index contributed by atoms with van der Waals surface area (Å²) in [6, 6.07) is 0. The molecule has 0 saturated heterocycles. The molecule has 2 rings (SSSR count). The molecular weight excluding hydrogens is 168 g/mol. The maximum Gasteiger partial charge on any atom is 0.334 e. The average molecular weight is 182 g/mol. The molecule has 0 bridgehead atoms. The lowest BCUT2D eigenvalue weighted by Crippen LogP contribution is -2.26. The number of ether oxygens (including phenoxy) is 1. The van der Waals surface area contributed by atoms with Crippen molar-refractivity contribution >= 4 is 5.97 Å². The molecule has 0 aromatic rings. The van der Waals surface area contributed by atoms with Gasteiger partial charge in [-0.05, 0) is 17.4 Å². The van der Waals surface area contributed by atoms with Crippen LogP contribution in [0.5, 0.6) is 0 Å². The van der Waals surface area contributed by atoms with Crippen molar-refractivity contribution in [1.29, 1.82) is 0 Å². The van der Waals surface area contributed by atoms with Crippen LogP contribution in [0.4, 0.5) is 0 Å². The number of esters is 1. The van der Waals surface area contributed by atoms with Crippen LogP contribution in [0, 0.1) is 5.41 Å². The van der Waals surface area contributed by atoms with Gasteiger partial charge in [0.25, 0.3) is 0 Å². The normalized spacial score (nSPS) is 31.6. The average Bonchev–Trinajstić information content (AvgIpc) is 2.28. The van der Waals surface area contributed by atoms with Gasteiger partial charge in [0, 0.05) is 12.0 Å². The molecule has 1 aliphatic carbocycles. The van der Waals surface area contributed by atoms with Crippen LogP contribution in [0.3, 0.4) is 0 Å². The van der Waals surface area contributed by atoms with Crippen molar-refractivity contribution in [3.8, 4) is 0 Å². The molecule has 2 aliphatic rings. The fraction of sp³-hybridized carbons (Fsp3) is 0.700. The second-order valence-electron chi connectivity index (χ2n) is 4.46. The third kappa shape index (κ3) is 1.18. The van der Waals surface area contributed by atoms with Crippen LogP contribution in [-0.2, 0) is 9.53 Å². The summed E-state index contributed by atoms with van der Waals surface area (Å²) in [5.74, 6) is -0.231. The lowest BCUT2D eigenvalue weighted by molar-refractivity contribution is -0.140. The van der Waals surface area contributed by atoms with Crippen LogP contribution < -0.4 is 0 Å². The standard InChI is InChI=1S/C10H14O3/c1-10(2)5-7-6(8(10)11)3-4-13-9(7)12/h8,11H,3-5H2,1-2H3. The van der Waals surface area contributed by atoms with E-state index < -0.39 is 6.10 Å². The SMILES string of the molecule is CC1(C)CC2=C(CCOC2=O)C1O. The van der Waals surface area contributed by atoms with Crippen LogP contribution in [0.1, 0.15) is 26.7 Å². The molecule has 0 aromatic carbocycles. The quantitative estimate of drug-likeness (QED) is 0.569. The largest absolute Gasteiger partial charge is 0.462 e. The molecule has 0 aromatic heterocycles. The lowest BCUT2D eigenvalue weighted by atomic mass is 9.86. The number of rotatable bonds is 0. The van der Waals surface area contributed by atoms with Crippen molar-refractivity contribution in [3.63, 3.8) is 0 Å². The van der Waals surface area contributed by atoms with Crippen molar-refractivity contribution in [2.45, 2.75) is 32.8 Å². The molecule has 1 N–H and O–H groups in total. The fourth-order valence-corrected chi connectivity index (χ4v) is 2.13. The summed E-state index contributed by atoms with van der Waals surface area (Å²) in [6.07, 6.45) is 0.879. The molecule has 0 fully saturated rings. The van der Waals surface area contributed by atoms with Crippen molar-refractivity contribution in [2.75, 3.05) is 6.61 Å². The Bertz CT molecular complexity index is 289. The van der Waals surface area contributed by atoms with Gasteiger partial charge in [-0.3, -0.25) is 0 Å². The molecule has 1 atom stereocenters. The van der Waals surface area contributed by atoms with Gasteiger partial charge in [-0.15, -0.1) is 0 Å². The highest BCUT2D eigenvalue weighted by atomic mass is 16.5. The second kappa shape index (κ2) is 2.58. The minimum Gasteiger partial charge on any atom is -0.462 e. The van der Waals surface area contributed by atoms with E-state index in [1.165, 1.54) is 0 Å². The van der Waals surface area contributed by atoms with Gasteiger partial charge in [-0.1, -0.05) is 13.8 Å². The Morgan fingerprint density at radius 3 is 2.85 bits per heavy atom. The molecule has 1 aliphatic heterocycles. The molecule has 0 saturated carbocycles. The molecule has 0 radical (unpaired) electrons. The Balaban J connectivity index is 2.36. The van der Waals surface area contributed by atoms with Crippen LogP contribution in [0.15, 0.2) is 11.1 Å². The summed E-state index contributed by atoms with van der Waals surface area (Å²) in [5, 5.41) is 9.90. The monoisotopic (exact) mass is 182 g/mol. The third-order valence-electron chi connectivity index (χ3n) is 2.94. The fourth-order valence-electron chi connectivity index (χ4n) is 2.13. The maximum atomic E-state index is 11.3. The zero-order valence-corrected chi connectivity index (χ0v) is 7.96. The molecule has 1 unspecified atom stereocenters. The van der Waals surface area contributed by atoms with Crippen LogP contribution >= 0.6 is 0 Å². The highest BCUT2D eigenvalue weighted by molar-refractivity contribution is 5.91. The van der Waals surface area contributed by atoms with Crippen molar-refractivity contribution in [1.82, 2.24) is 0 Å². The van der Waals surface area contributed by atoms with Crippen LogP contribution in [0.25, 0.3) is 0 Å². The van der Waals surface area contributed by atoms with Crippen molar-refractivity contribution < 1.29 is 14.6 Å². The smallest absolute Gasteiger partial charge is 0.334 e. The van der Waals surface area contributed by atoms with E-state index in [4.69, 9.17) is 4.74 Å². The van der Waals surface area contributed by atoms with E-state index in [-0.39, 0.29) is 11.4 Å². The Hall–Kier alpha value is -0.830. The minimum atomic E-state index is -0.463. The number of cyclic esters (lactones) is 1. The molecule has 13 heavy (non-hydrogen) atoms. The molecule has 3 heteroatoms. The zero-order chi connectivity index (χ0) is 9.64. The number of aliphatic hydroxyl groups is 1. The topological polar surface area (TPSA) is 46.5 Å². The van der Waals surface area contributed by atoms with Crippen molar-refractivity contribution in [2.24, 2.45) is 5.41 Å². The summed E-state index contributed by atoms with van der Waals surface area (Å²) in [6.45, 7) is 4.37. The highest BCUT2D eigenvalue weighted by Gasteiger charge is 2.43. The van der Waals surface area contributed by atoms with E-state index >= 15 is 0 Å². The van der Waals surface area contributed by atoms with Crippen LogP contribution in [-0.4, -0.2) is 23.8 Å². The Morgan fingerprint density at radius 2 is 2.23 bits per heavy atom. The van der Waals surface area contributed by atoms with Gasteiger partial charge >= 0.3 is 5.97 Å². The van der Waals surface area contributed by atoms with Gasteiger partial charge in [0.15, 0.2) is 0 Å². The third-order valence-corrected chi connectivity index (χ3v) is 2.94. The lowest BCUT2D eigenvalue weighted by Gasteiger charge is -2.24. The van der Waals surface area contributed by atoms with Gasteiger partial charge in [-0.2, -0.15) is 0 Å². The summed E-state index contributed by atoms with van der Waals surface area (Å²) in [4.78, 5) is 11.3. The first kappa shape index (κ1) is 8.75. The van der Waals surface area contributed by atoms with Gasteiger partial charge in [-0.25, -0.2) is 4.79 Å². The van der Waals surface area contributed by atoms with E-state index in [1.807, 2.05) is 13.8 Å². The molecule has 0 amide bonds. The van der Waals surface area contributed by atoms with Gasteiger partial charge in [0.1, 0.15) is 0 Å². The molecule has 0 spiro atoms. The molecular formula is C10H14O3. The molecule has 3 nitrogen and oxygen atoms in total. The molecule has 1 heterocycles. The van der Waals surface area contributed by atoms with E-state index in [1.54, 1.807) is 0 Å². The van der Waals surface area contributed by atoms with Gasteiger partial charge < -0.3 is 9.84 Å². The number of carbonyl (C=O) groups excluding carboxylic acids is 1. The zero-order valence-electron chi connectivity index (χ0n) is 7.96. The first-order valence-electron chi connectivity index (χ1n) is 4.59. The predicted molar refractivity (Wildman–Crippen MR) is 47.0 cm³/mol. The second-order valence-corrected chi connectivity index (χ2v) is 4.46. The van der Waals surface area contributed by atoms with Gasteiger partial charge in [0.2, 0.25) is 0 Å². The molecule has 72 valence electrons. The predicted octanol–water partition coefficient (Wildman–Crippen LogP) is 1.02. The maximum absolute atomic E-state index is 11.3. The van der Waals surface area contributed by atoms with E-state index in [2.05, 4.69) is 0 Å². The summed E-state index contributed by atoms with van der Waals surface area (Å²) < 4.78 is 4.93. The highest BCUT2D eigenvalue weighted by Crippen LogP contribution is 2.44.